The van der Waals surface area contributed by atoms with Crippen molar-refractivity contribution in [2.75, 3.05) is 38.3 Å². The van der Waals surface area contributed by atoms with Crippen molar-refractivity contribution >= 4 is 23.5 Å². The first-order valence-corrected chi connectivity index (χ1v) is 15.9. The Labute approximate surface area is 253 Å². The first-order chi connectivity index (χ1) is 20.7. The van der Waals surface area contributed by atoms with Gasteiger partial charge in [-0.25, -0.2) is 18.7 Å². The monoisotopic (exact) mass is 604 g/mol. The molecule has 0 spiro atoms. The molecule has 0 radical (unpaired) electrons. The smallest absolute Gasteiger partial charge is 0.274 e. The Morgan fingerprint density at radius 3 is 2.23 bits per heavy atom. The van der Waals surface area contributed by atoms with Crippen LogP contribution in [0.3, 0.4) is 0 Å². The van der Waals surface area contributed by atoms with E-state index in [-0.39, 0.29) is 42.5 Å². The third kappa shape index (κ3) is 7.91. The lowest BCUT2D eigenvalue weighted by Gasteiger charge is -2.31. The number of anilines is 1. The molecule has 1 N–H and O–H groups in total. The van der Waals surface area contributed by atoms with Crippen molar-refractivity contribution < 1.29 is 27.9 Å². The van der Waals surface area contributed by atoms with E-state index in [0.29, 0.717) is 63.1 Å². The summed E-state index contributed by atoms with van der Waals surface area (Å²) in [6.45, 7) is 8.37. The minimum absolute atomic E-state index is 0.0717. The average molecular weight is 605 g/mol. The maximum atomic E-state index is 13.3. The van der Waals surface area contributed by atoms with E-state index in [1.807, 2.05) is 21.4 Å². The summed E-state index contributed by atoms with van der Waals surface area (Å²) in [4.78, 5) is 40.6. The minimum Gasteiger partial charge on any atom is -0.381 e. The normalized spacial score (nSPS) is 25.4. The van der Waals surface area contributed by atoms with Crippen LogP contribution in [0.1, 0.15) is 106 Å². The summed E-state index contributed by atoms with van der Waals surface area (Å²) in [5.74, 6) is -1.06. The van der Waals surface area contributed by atoms with Gasteiger partial charge in [0.15, 0.2) is 5.69 Å². The highest BCUT2D eigenvalue weighted by Crippen LogP contribution is 2.46. The maximum Gasteiger partial charge on any atom is 0.274 e. The Morgan fingerprint density at radius 2 is 1.72 bits per heavy atom. The number of alkyl halides is 2. The predicted octanol–water partition coefficient (Wildman–Crippen LogP) is 4.64. The van der Waals surface area contributed by atoms with E-state index in [1.165, 1.54) is 26.3 Å². The van der Waals surface area contributed by atoms with Crippen molar-refractivity contribution in [2.24, 2.45) is 11.8 Å². The maximum absolute atomic E-state index is 13.3. The van der Waals surface area contributed by atoms with Crippen molar-refractivity contribution in [1.82, 2.24) is 20.0 Å². The number of piperidine rings is 1. The van der Waals surface area contributed by atoms with E-state index in [1.54, 1.807) is 0 Å². The molecule has 10 nitrogen and oxygen atoms in total. The number of halogens is 2. The van der Waals surface area contributed by atoms with Crippen LogP contribution in [0, 0.1) is 23.7 Å². The van der Waals surface area contributed by atoms with Crippen LogP contribution in [0.25, 0.3) is 0 Å². The summed E-state index contributed by atoms with van der Waals surface area (Å²) in [7, 11) is 1.54. The molecule has 4 heterocycles. The third-order valence-corrected chi connectivity index (χ3v) is 9.16. The van der Waals surface area contributed by atoms with Gasteiger partial charge >= 0.3 is 0 Å². The molecule has 1 aromatic rings. The number of amides is 3. The van der Waals surface area contributed by atoms with Crippen molar-refractivity contribution in [1.29, 1.82) is 5.26 Å². The van der Waals surface area contributed by atoms with Crippen LogP contribution in [0.15, 0.2) is 0 Å². The number of hydrogen-bond donors (Lipinski definition) is 1. The highest BCUT2D eigenvalue weighted by Gasteiger charge is 2.50. The lowest BCUT2D eigenvalue weighted by atomic mass is 9.86. The summed E-state index contributed by atoms with van der Waals surface area (Å²) in [6, 6.07) is 0.630. The molecule has 5 fully saturated rings. The third-order valence-electron chi connectivity index (χ3n) is 9.16. The van der Waals surface area contributed by atoms with Gasteiger partial charge in [-0.1, -0.05) is 19.3 Å². The van der Waals surface area contributed by atoms with E-state index in [9.17, 15) is 23.2 Å². The summed E-state index contributed by atoms with van der Waals surface area (Å²) in [5.41, 5.74) is 1.57. The molecular formula is C31H46F2N6O4. The van der Waals surface area contributed by atoms with Crippen LogP contribution in [-0.2, 0) is 20.7 Å². The molecule has 2 saturated heterocycles. The number of carbonyl (C=O) groups is 3. The van der Waals surface area contributed by atoms with Gasteiger partial charge in [0.2, 0.25) is 17.7 Å². The molecular weight excluding hydrogens is 558 g/mol. The van der Waals surface area contributed by atoms with Gasteiger partial charge < -0.3 is 15.0 Å². The molecule has 3 amide bonds. The number of carbonyl (C=O) groups excluding carboxylic acids is 3. The van der Waals surface area contributed by atoms with E-state index in [2.05, 4.69) is 11.9 Å². The van der Waals surface area contributed by atoms with Gasteiger partial charge in [0.25, 0.3) is 5.91 Å². The molecule has 3 aliphatic carbocycles. The zero-order valence-corrected chi connectivity index (χ0v) is 25.5. The Kier molecular flexibility index (Phi) is 11.2. The molecule has 2 unspecified atom stereocenters. The number of fused-ring (bicyclic) bond motifs is 2. The van der Waals surface area contributed by atoms with Gasteiger partial charge in [-0.15, -0.1) is 0 Å². The second-order valence-corrected chi connectivity index (χ2v) is 12.2. The van der Waals surface area contributed by atoms with Crippen molar-refractivity contribution in [3.05, 3.63) is 11.3 Å². The molecule has 7 rings (SSSR count). The first-order valence-electron chi connectivity index (χ1n) is 15.9. The zero-order valence-electron chi connectivity index (χ0n) is 25.5. The molecule has 6 aliphatic rings. The summed E-state index contributed by atoms with van der Waals surface area (Å²) in [6.07, 6.45) is 9.94. The average Bonchev–Trinajstić information content (AvgIpc) is 3.98. The van der Waals surface area contributed by atoms with Crippen LogP contribution in [0.5, 0.6) is 0 Å². The van der Waals surface area contributed by atoms with Crippen LogP contribution in [-0.4, -0.2) is 77.7 Å². The number of nitriles is 1. The molecule has 3 saturated carbocycles. The van der Waals surface area contributed by atoms with Crippen molar-refractivity contribution in [3.63, 3.8) is 0 Å². The summed E-state index contributed by atoms with van der Waals surface area (Å²) >= 11 is 0. The number of aromatic nitrogens is 2. The Bertz CT molecular complexity index is 1150. The Balaban J connectivity index is 0.000000207. The quantitative estimate of drug-likeness (QED) is 0.535. The predicted molar refractivity (Wildman–Crippen MR) is 157 cm³/mol. The van der Waals surface area contributed by atoms with Gasteiger partial charge in [-0.3, -0.25) is 19.3 Å². The van der Waals surface area contributed by atoms with Crippen LogP contribution in [0.2, 0.25) is 0 Å². The molecule has 3 aliphatic heterocycles. The van der Waals surface area contributed by atoms with Crippen molar-refractivity contribution in [2.45, 2.75) is 108 Å². The number of nitrogens with one attached hydrogen (secondary N) is 1. The lowest BCUT2D eigenvalue weighted by Crippen LogP contribution is -2.37. The van der Waals surface area contributed by atoms with Gasteiger partial charge in [0, 0.05) is 76.7 Å². The zero-order chi connectivity index (χ0) is 31.1. The van der Waals surface area contributed by atoms with E-state index in [0.717, 1.165) is 43.6 Å². The molecule has 43 heavy (non-hydrogen) atoms. The fourth-order valence-corrected chi connectivity index (χ4v) is 6.43. The fraction of sp³-hybridized carbons (Fsp3) is 0.774. The van der Waals surface area contributed by atoms with E-state index < -0.39 is 5.92 Å². The first kappa shape index (κ1) is 32.8. The van der Waals surface area contributed by atoms with Gasteiger partial charge in [-0.2, -0.15) is 5.10 Å². The van der Waals surface area contributed by atoms with Gasteiger partial charge in [0.05, 0.1) is 6.04 Å². The summed E-state index contributed by atoms with van der Waals surface area (Å²) < 4.78 is 32.7. The number of nitrogens with zero attached hydrogens (tertiary/aromatic N) is 5. The highest BCUT2D eigenvalue weighted by molar-refractivity contribution is 6.01. The Morgan fingerprint density at radius 1 is 1.07 bits per heavy atom. The minimum atomic E-state index is -2.54. The Hall–Kier alpha value is -3.07. The number of hydrogen-bond acceptors (Lipinski definition) is 6. The van der Waals surface area contributed by atoms with Crippen LogP contribution < -0.4 is 10.2 Å². The molecule has 0 bridgehead atoms. The summed E-state index contributed by atoms with van der Waals surface area (Å²) in [5, 5.41) is 13.8. The topological polar surface area (TPSA) is 121 Å². The lowest BCUT2D eigenvalue weighted by molar-refractivity contribution is -0.128. The van der Waals surface area contributed by atoms with Gasteiger partial charge in [0.1, 0.15) is 5.82 Å². The van der Waals surface area contributed by atoms with Crippen molar-refractivity contribution in [3.8, 4) is 6.57 Å². The van der Waals surface area contributed by atoms with Gasteiger partial charge in [-0.05, 0) is 57.8 Å². The highest BCUT2D eigenvalue weighted by atomic mass is 19.3. The number of rotatable bonds is 4. The molecule has 2 atom stereocenters. The van der Waals surface area contributed by atoms with E-state index in [4.69, 9.17) is 15.1 Å². The SMILES string of the molecule is C#N.C1CC1.CCN1C(=O)CCc2c(C(=O)N3CCC4CC43)nn(C3CCOCC3)c21.CNC(=O)C1CCC(F)(F)CC1. The molecule has 238 valence electrons. The molecule has 0 aromatic carbocycles. The number of ether oxygens (including phenoxy) is 1. The number of likely N-dealkylation sites (tertiary alicyclic amines) is 1. The molecule has 1 aromatic heterocycles. The fourth-order valence-electron chi connectivity index (χ4n) is 6.43. The second-order valence-electron chi connectivity index (χ2n) is 12.2. The second kappa shape index (κ2) is 14.6. The largest absolute Gasteiger partial charge is 0.381 e. The van der Waals surface area contributed by atoms with E-state index >= 15 is 0 Å². The van der Waals surface area contributed by atoms with Crippen LogP contribution in [0.4, 0.5) is 14.6 Å². The molecule has 12 heteroatoms. The standard InChI is InChI=1S/C19H26N4O3.C8H13F2NO.C3H6.CHN/c1-2-21-16(24)4-3-14-17(19(25)22-8-5-12-11-15(12)22)20-23(18(14)21)13-6-9-26-10-7-13;1-11-7(12)6-2-4-8(9,10)5-3-6;1-2-3-1;1-2/h12-13,15H,2-11H2,1H3;6H,2-5H2,1H3,(H,11,12);1-3H2;1H. The van der Waals surface area contributed by atoms with Crippen LogP contribution >= 0.6 is 0 Å².